The summed E-state index contributed by atoms with van der Waals surface area (Å²) < 4.78 is 41.4. The second kappa shape index (κ2) is 10.0. The smallest absolute Gasteiger partial charge is 0.410 e. The summed E-state index contributed by atoms with van der Waals surface area (Å²) in [4.78, 5) is 26.5. The molecule has 188 valence electrons. The number of likely N-dealkylation sites (tertiary alicyclic amines) is 1. The number of esters is 1. The van der Waals surface area contributed by atoms with Crippen molar-refractivity contribution in [1.82, 2.24) is 4.90 Å². The molecule has 0 aromatic heterocycles. The van der Waals surface area contributed by atoms with Gasteiger partial charge in [-0.3, -0.25) is 0 Å². The molecular weight excluding hydrogens is 457 g/mol. The summed E-state index contributed by atoms with van der Waals surface area (Å²) in [6, 6.07) is 9.82. The zero-order valence-corrected chi connectivity index (χ0v) is 20.3. The van der Waals surface area contributed by atoms with Gasteiger partial charge in [0.05, 0.1) is 19.3 Å². The van der Waals surface area contributed by atoms with Gasteiger partial charge in [0.2, 0.25) is 6.79 Å². The normalized spacial score (nSPS) is 19.3. The minimum absolute atomic E-state index is 0.0771. The van der Waals surface area contributed by atoms with E-state index in [4.69, 9.17) is 23.7 Å². The Morgan fingerprint density at radius 2 is 1.89 bits per heavy atom. The summed E-state index contributed by atoms with van der Waals surface area (Å²) in [5.41, 5.74) is 0.0589. The molecule has 0 spiro atoms. The fraction of sp³-hybridized carbons (Fsp3) is 0.462. The van der Waals surface area contributed by atoms with Crippen molar-refractivity contribution in [2.24, 2.45) is 5.92 Å². The topological polar surface area (TPSA) is 83.5 Å². The summed E-state index contributed by atoms with van der Waals surface area (Å²) in [6.45, 7) is 6.77. The van der Waals surface area contributed by atoms with Crippen LogP contribution in [0.15, 0.2) is 36.4 Å². The molecule has 0 aliphatic carbocycles. The van der Waals surface area contributed by atoms with Crippen LogP contribution in [0.3, 0.4) is 0 Å². The number of ether oxygens (including phenoxy) is 5. The Hall–Kier alpha value is -3.49. The first-order chi connectivity index (χ1) is 16.6. The molecule has 9 heteroatoms. The van der Waals surface area contributed by atoms with Crippen LogP contribution in [-0.4, -0.2) is 56.2 Å². The van der Waals surface area contributed by atoms with Crippen molar-refractivity contribution in [3.8, 4) is 17.2 Å². The number of nitrogens with zero attached hydrogens (tertiary/aromatic N) is 1. The van der Waals surface area contributed by atoms with Gasteiger partial charge >= 0.3 is 12.1 Å². The van der Waals surface area contributed by atoms with Gasteiger partial charge < -0.3 is 28.6 Å². The maximum atomic E-state index is 14.3. The molecule has 4 rings (SSSR count). The third kappa shape index (κ3) is 5.78. The van der Waals surface area contributed by atoms with E-state index >= 15 is 0 Å². The number of hydrogen-bond donors (Lipinski definition) is 0. The van der Waals surface area contributed by atoms with Gasteiger partial charge in [-0.05, 0) is 62.9 Å². The van der Waals surface area contributed by atoms with E-state index in [9.17, 15) is 14.0 Å². The van der Waals surface area contributed by atoms with Crippen molar-refractivity contribution in [2.45, 2.75) is 38.7 Å². The minimum Gasteiger partial charge on any atom is -0.493 e. The van der Waals surface area contributed by atoms with Crippen LogP contribution >= 0.6 is 0 Å². The average molecular weight is 488 g/mol. The fourth-order valence-corrected chi connectivity index (χ4v) is 4.34. The molecule has 0 bridgehead atoms. The lowest BCUT2D eigenvalue weighted by atomic mass is 9.80. The summed E-state index contributed by atoms with van der Waals surface area (Å²) >= 11 is 0. The third-order valence-electron chi connectivity index (χ3n) is 6.02. The van der Waals surface area contributed by atoms with Gasteiger partial charge in [-0.2, -0.15) is 0 Å². The molecule has 0 radical (unpaired) electrons. The number of carbonyl (C=O) groups is 2. The molecule has 1 saturated heterocycles. The van der Waals surface area contributed by atoms with E-state index < -0.39 is 23.5 Å². The minimum atomic E-state index is -0.733. The molecule has 2 atom stereocenters. The van der Waals surface area contributed by atoms with Crippen LogP contribution in [0.2, 0.25) is 0 Å². The standard InChI is InChI=1S/C26H30FNO7/c1-26(2,3)35-25(30)28-10-9-19(16-5-7-21(27)20(11-16)24(29)31-4)17(13-28)14-32-18-6-8-22-23(12-18)34-15-33-22/h5-8,11-12,17,19H,9-10,13-15H2,1-4H3. The van der Waals surface area contributed by atoms with E-state index in [1.807, 2.05) is 20.8 Å². The maximum Gasteiger partial charge on any atom is 0.410 e. The number of fused-ring (bicyclic) bond motifs is 1. The van der Waals surface area contributed by atoms with E-state index in [1.165, 1.54) is 19.2 Å². The summed E-state index contributed by atoms with van der Waals surface area (Å²) in [5, 5.41) is 0. The van der Waals surface area contributed by atoms with E-state index in [0.29, 0.717) is 36.8 Å². The highest BCUT2D eigenvalue weighted by Gasteiger charge is 2.35. The molecule has 2 unspecified atom stereocenters. The second-order valence-electron chi connectivity index (χ2n) is 9.64. The maximum absolute atomic E-state index is 14.3. The van der Waals surface area contributed by atoms with E-state index in [-0.39, 0.29) is 30.8 Å². The molecule has 2 aromatic rings. The summed E-state index contributed by atoms with van der Waals surface area (Å²) in [7, 11) is 1.22. The van der Waals surface area contributed by atoms with Gasteiger partial charge in [-0.15, -0.1) is 0 Å². The Bertz CT molecular complexity index is 1100. The molecule has 0 saturated carbocycles. The van der Waals surface area contributed by atoms with Crippen LogP contribution in [0.25, 0.3) is 0 Å². The van der Waals surface area contributed by atoms with Crippen LogP contribution in [0.5, 0.6) is 17.2 Å². The van der Waals surface area contributed by atoms with Gasteiger partial charge in [0.15, 0.2) is 11.5 Å². The van der Waals surface area contributed by atoms with Crippen LogP contribution < -0.4 is 14.2 Å². The molecule has 1 fully saturated rings. The molecule has 2 aliphatic rings. The van der Waals surface area contributed by atoms with Crippen LogP contribution in [0.1, 0.15) is 49.0 Å². The Morgan fingerprint density at radius 1 is 1.11 bits per heavy atom. The molecule has 0 N–H and O–H groups in total. The predicted octanol–water partition coefficient (Wildman–Crippen LogP) is 4.76. The Balaban J connectivity index is 1.56. The van der Waals surface area contributed by atoms with Gasteiger partial charge in [0, 0.05) is 25.1 Å². The number of piperidine rings is 1. The molecule has 35 heavy (non-hydrogen) atoms. The van der Waals surface area contributed by atoms with Crippen molar-refractivity contribution in [3.63, 3.8) is 0 Å². The van der Waals surface area contributed by atoms with Crippen LogP contribution in [0, 0.1) is 11.7 Å². The first-order valence-corrected chi connectivity index (χ1v) is 11.5. The SMILES string of the molecule is COC(=O)c1cc(C2CCN(C(=O)OC(C)(C)C)CC2COc2ccc3c(c2)OCO3)ccc1F. The van der Waals surface area contributed by atoms with Crippen molar-refractivity contribution >= 4 is 12.1 Å². The highest BCUT2D eigenvalue weighted by molar-refractivity contribution is 5.89. The van der Waals surface area contributed by atoms with Crippen LogP contribution in [-0.2, 0) is 9.47 Å². The number of halogens is 1. The lowest BCUT2D eigenvalue weighted by Gasteiger charge is -2.39. The fourth-order valence-electron chi connectivity index (χ4n) is 4.34. The number of amides is 1. The van der Waals surface area contributed by atoms with Crippen molar-refractivity contribution in [1.29, 1.82) is 0 Å². The lowest BCUT2D eigenvalue weighted by Crippen LogP contribution is -2.46. The highest BCUT2D eigenvalue weighted by Crippen LogP contribution is 2.38. The Morgan fingerprint density at radius 3 is 2.63 bits per heavy atom. The number of methoxy groups -OCH3 is 1. The third-order valence-corrected chi connectivity index (χ3v) is 6.02. The molecule has 2 heterocycles. The van der Waals surface area contributed by atoms with Gasteiger partial charge in [-0.1, -0.05) is 6.07 Å². The Kier molecular flexibility index (Phi) is 7.05. The number of benzene rings is 2. The summed E-state index contributed by atoms with van der Waals surface area (Å²) in [5.74, 6) is 0.287. The van der Waals surface area contributed by atoms with E-state index in [0.717, 1.165) is 5.56 Å². The largest absolute Gasteiger partial charge is 0.493 e. The average Bonchev–Trinajstić information content (AvgIpc) is 3.29. The number of carbonyl (C=O) groups excluding carboxylic acids is 2. The first-order valence-electron chi connectivity index (χ1n) is 11.5. The van der Waals surface area contributed by atoms with Crippen molar-refractivity contribution in [3.05, 3.63) is 53.3 Å². The second-order valence-corrected chi connectivity index (χ2v) is 9.64. The molecule has 2 aliphatic heterocycles. The predicted molar refractivity (Wildman–Crippen MR) is 124 cm³/mol. The molecule has 2 aromatic carbocycles. The quantitative estimate of drug-likeness (QED) is 0.562. The first kappa shape index (κ1) is 24.6. The molecule has 1 amide bonds. The van der Waals surface area contributed by atoms with Gasteiger partial charge in [0.1, 0.15) is 17.2 Å². The van der Waals surface area contributed by atoms with Gasteiger partial charge in [-0.25, -0.2) is 14.0 Å². The van der Waals surface area contributed by atoms with Crippen molar-refractivity contribution < 1.29 is 37.7 Å². The Labute approximate surface area is 203 Å². The number of rotatable bonds is 5. The summed E-state index contributed by atoms with van der Waals surface area (Å²) in [6.07, 6.45) is 0.207. The lowest BCUT2D eigenvalue weighted by molar-refractivity contribution is 0.0111. The zero-order chi connectivity index (χ0) is 25.2. The van der Waals surface area contributed by atoms with E-state index in [2.05, 4.69) is 0 Å². The highest BCUT2D eigenvalue weighted by atomic mass is 19.1. The number of hydrogen-bond acceptors (Lipinski definition) is 7. The zero-order valence-electron chi connectivity index (χ0n) is 20.3. The molecule has 8 nitrogen and oxygen atoms in total. The van der Waals surface area contributed by atoms with Gasteiger partial charge in [0.25, 0.3) is 0 Å². The van der Waals surface area contributed by atoms with Crippen LogP contribution in [0.4, 0.5) is 9.18 Å². The van der Waals surface area contributed by atoms with E-state index in [1.54, 1.807) is 29.2 Å². The van der Waals surface area contributed by atoms with Crippen molar-refractivity contribution in [2.75, 3.05) is 33.6 Å². The monoisotopic (exact) mass is 487 g/mol. The molecular formula is C26H30FNO7.